The first-order valence-electron chi connectivity index (χ1n) is 2.90. The number of carbonyl (C=O) groups is 1. The van der Waals surface area contributed by atoms with Crippen LogP contribution in [0.1, 0.15) is 12.8 Å². The van der Waals surface area contributed by atoms with Crippen LogP contribution in [0.3, 0.4) is 0 Å². The van der Waals surface area contributed by atoms with Crippen LogP contribution in [-0.4, -0.2) is 11.1 Å². The summed E-state index contributed by atoms with van der Waals surface area (Å²) in [7, 11) is 0. The van der Waals surface area contributed by atoms with Crippen LogP contribution in [0, 0.1) is 5.92 Å². The van der Waals surface area contributed by atoms with Gasteiger partial charge < -0.3 is 10.8 Å². The van der Waals surface area contributed by atoms with Crippen molar-refractivity contribution < 1.29 is 9.90 Å². The molecule has 9 heavy (non-hydrogen) atoms. The SMILES string of the molecule is NC1=CCCC1C(=O)O. The van der Waals surface area contributed by atoms with Crippen molar-refractivity contribution in [2.75, 3.05) is 0 Å². The van der Waals surface area contributed by atoms with Gasteiger partial charge >= 0.3 is 5.97 Å². The maximum absolute atomic E-state index is 10.3. The Morgan fingerprint density at radius 2 is 2.56 bits per heavy atom. The van der Waals surface area contributed by atoms with Crippen LogP contribution >= 0.6 is 0 Å². The summed E-state index contributed by atoms with van der Waals surface area (Å²) in [6, 6.07) is 0. The second kappa shape index (κ2) is 2.09. The molecule has 1 rings (SSSR count). The van der Waals surface area contributed by atoms with Gasteiger partial charge in [-0.3, -0.25) is 4.79 Å². The third kappa shape index (κ3) is 1.04. The lowest BCUT2D eigenvalue weighted by atomic mass is 10.1. The van der Waals surface area contributed by atoms with E-state index in [2.05, 4.69) is 0 Å². The fraction of sp³-hybridized carbons (Fsp3) is 0.500. The van der Waals surface area contributed by atoms with E-state index in [-0.39, 0.29) is 0 Å². The van der Waals surface area contributed by atoms with E-state index < -0.39 is 11.9 Å². The largest absolute Gasteiger partial charge is 0.481 e. The molecule has 0 saturated heterocycles. The standard InChI is InChI=1S/C6H9NO2/c7-5-3-1-2-4(5)6(8)9/h3-4H,1-2,7H2,(H,8,9). The topological polar surface area (TPSA) is 63.3 Å². The summed E-state index contributed by atoms with van der Waals surface area (Å²) in [6.07, 6.45) is 3.25. The highest BCUT2D eigenvalue weighted by atomic mass is 16.4. The van der Waals surface area contributed by atoms with Crippen LogP contribution in [0.15, 0.2) is 11.8 Å². The predicted octanol–water partition coefficient (Wildman–Crippen LogP) is 0.324. The van der Waals surface area contributed by atoms with Crippen molar-refractivity contribution in [1.82, 2.24) is 0 Å². The van der Waals surface area contributed by atoms with E-state index in [1.165, 1.54) is 0 Å². The van der Waals surface area contributed by atoms with Crippen molar-refractivity contribution in [1.29, 1.82) is 0 Å². The molecule has 0 aromatic carbocycles. The smallest absolute Gasteiger partial charge is 0.312 e. The first kappa shape index (κ1) is 6.13. The molecular weight excluding hydrogens is 118 g/mol. The molecule has 0 aromatic heterocycles. The second-order valence-corrected chi connectivity index (χ2v) is 2.17. The number of rotatable bonds is 1. The monoisotopic (exact) mass is 127 g/mol. The molecule has 3 N–H and O–H groups in total. The number of allylic oxidation sites excluding steroid dienone is 1. The maximum Gasteiger partial charge on any atom is 0.312 e. The zero-order chi connectivity index (χ0) is 6.85. The number of aliphatic carboxylic acids is 1. The summed E-state index contributed by atoms with van der Waals surface area (Å²) in [6.45, 7) is 0. The molecule has 0 aliphatic heterocycles. The Morgan fingerprint density at radius 3 is 2.78 bits per heavy atom. The van der Waals surface area contributed by atoms with Crippen molar-refractivity contribution in [2.45, 2.75) is 12.8 Å². The highest BCUT2D eigenvalue weighted by Gasteiger charge is 2.23. The Morgan fingerprint density at radius 1 is 1.89 bits per heavy atom. The molecule has 1 atom stereocenters. The van der Waals surface area contributed by atoms with Gasteiger partial charge in [-0.25, -0.2) is 0 Å². The summed E-state index contributed by atoms with van der Waals surface area (Å²) >= 11 is 0. The molecule has 0 spiro atoms. The fourth-order valence-corrected chi connectivity index (χ4v) is 0.992. The van der Waals surface area contributed by atoms with Gasteiger partial charge in [0.25, 0.3) is 0 Å². The van der Waals surface area contributed by atoms with Crippen molar-refractivity contribution >= 4 is 5.97 Å². The van der Waals surface area contributed by atoms with Crippen molar-refractivity contribution in [3.05, 3.63) is 11.8 Å². The lowest BCUT2D eigenvalue weighted by Crippen LogP contribution is -2.17. The molecule has 3 nitrogen and oxygen atoms in total. The Kier molecular flexibility index (Phi) is 1.42. The van der Waals surface area contributed by atoms with E-state index in [1.807, 2.05) is 0 Å². The van der Waals surface area contributed by atoms with Crippen LogP contribution in [0.2, 0.25) is 0 Å². The molecule has 1 unspecified atom stereocenters. The van der Waals surface area contributed by atoms with Crippen molar-refractivity contribution in [2.24, 2.45) is 11.7 Å². The number of carboxylic acids is 1. The van der Waals surface area contributed by atoms with Gasteiger partial charge in [0, 0.05) is 5.70 Å². The molecule has 0 heterocycles. The molecule has 0 amide bonds. The van der Waals surface area contributed by atoms with Gasteiger partial charge in [0.05, 0.1) is 5.92 Å². The molecule has 0 saturated carbocycles. The highest BCUT2D eigenvalue weighted by molar-refractivity contribution is 5.73. The Labute approximate surface area is 53.2 Å². The summed E-state index contributed by atoms with van der Waals surface area (Å²) in [5.74, 6) is -1.22. The Hall–Kier alpha value is -0.990. The van der Waals surface area contributed by atoms with Crippen molar-refractivity contribution in [3.8, 4) is 0 Å². The molecule has 50 valence electrons. The molecule has 1 aliphatic rings. The maximum atomic E-state index is 10.3. The minimum Gasteiger partial charge on any atom is -0.481 e. The summed E-state index contributed by atoms with van der Waals surface area (Å²) in [5.41, 5.74) is 5.88. The summed E-state index contributed by atoms with van der Waals surface area (Å²) in [4.78, 5) is 10.3. The van der Waals surface area contributed by atoms with Crippen molar-refractivity contribution in [3.63, 3.8) is 0 Å². The molecular formula is C6H9NO2. The fourth-order valence-electron chi connectivity index (χ4n) is 0.992. The van der Waals surface area contributed by atoms with Gasteiger partial charge in [-0.05, 0) is 12.8 Å². The first-order chi connectivity index (χ1) is 4.22. The number of carboxylic acid groups (broad SMARTS) is 1. The number of hydrogen-bond acceptors (Lipinski definition) is 2. The Bertz CT molecular complexity index is 162. The molecule has 3 heteroatoms. The first-order valence-corrected chi connectivity index (χ1v) is 2.90. The average Bonchev–Trinajstić information content (AvgIpc) is 2.13. The van der Waals surface area contributed by atoms with E-state index in [0.717, 1.165) is 6.42 Å². The van der Waals surface area contributed by atoms with E-state index in [1.54, 1.807) is 6.08 Å². The van der Waals surface area contributed by atoms with Crippen LogP contribution in [-0.2, 0) is 4.79 Å². The highest BCUT2D eigenvalue weighted by Crippen LogP contribution is 2.21. The van der Waals surface area contributed by atoms with Crippen LogP contribution in [0.4, 0.5) is 0 Å². The van der Waals surface area contributed by atoms with Crippen LogP contribution in [0.5, 0.6) is 0 Å². The number of hydrogen-bond donors (Lipinski definition) is 2. The zero-order valence-electron chi connectivity index (χ0n) is 5.00. The zero-order valence-corrected chi connectivity index (χ0v) is 5.00. The minimum atomic E-state index is -0.804. The predicted molar refractivity (Wildman–Crippen MR) is 32.6 cm³/mol. The molecule has 0 radical (unpaired) electrons. The van der Waals surface area contributed by atoms with Gasteiger partial charge in [0.2, 0.25) is 0 Å². The van der Waals surface area contributed by atoms with Crippen LogP contribution < -0.4 is 5.73 Å². The molecule has 0 aromatic rings. The average molecular weight is 127 g/mol. The van der Waals surface area contributed by atoms with E-state index in [0.29, 0.717) is 12.1 Å². The lowest BCUT2D eigenvalue weighted by Gasteiger charge is -2.02. The quantitative estimate of drug-likeness (QED) is 0.533. The van der Waals surface area contributed by atoms with Gasteiger partial charge in [0.1, 0.15) is 0 Å². The van der Waals surface area contributed by atoms with Crippen LogP contribution in [0.25, 0.3) is 0 Å². The lowest BCUT2D eigenvalue weighted by molar-refractivity contribution is -0.140. The van der Waals surface area contributed by atoms with Gasteiger partial charge in [-0.1, -0.05) is 6.08 Å². The second-order valence-electron chi connectivity index (χ2n) is 2.17. The molecule has 0 fully saturated rings. The minimum absolute atomic E-state index is 0.412. The molecule has 1 aliphatic carbocycles. The summed E-state index contributed by atoms with van der Waals surface area (Å²) in [5, 5.41) is 8.46. The van der Waals surface area contributed by atoms with Gasteiger partial charge in [0.15, 0.2) is 0 Å². The van der Waals surface area contributed by atoms with Gasteiger partial charge in [-0.2, -0.15) is 0 Å². The number of nitrogens with two attached hydrogens (primary N) is 1. The van der Waals surface area contributed by atoms with Gasteiger partial charge in [-0.15, -0.1) is 0 Å². The third-order valence-corrected chi connectivity index (χ3v) is 1.54. The van der Waals surface area contributed by atoms with E-state index in [9.17, 15) is 4.79 Å². The third-order valence-electron chi connectivity index (χ3n) is 1.54. The van der Waals surface area contributed by atoms with E-state index in [4.69, 9.17) is 10.8 Å². The van der Waals surface area contributed by atoms with E-state index >= 15 is 0 Å². The molecule has 0 bridgehead atoms. The summed E-state index contributed by atoms with van der Waals surface area (Å²) < 4.78 is 0. The normalized spacial score (nSPS) is 25.8. The Balaban J connectivity index is 2.63.